The van der Waals surface area contributed by atoms with Crippen molar-refractivity contribution in [2.24, 2.45) is 0 Å². The van der Waals surface area contributed by atoms with Crippen LogP contribution in [0.2, 0.25) is 0 Å². The van der Waals surface area contributed by atoms with Crippen LogP contribution in [0.15, 0.2) is 42.6 Å². The maximum Gasteiger partial charge on any atom is 0.177 e. The lowest BCUT2D eigenvalue weighted by atomic mass is 9.98. The summed E-state index contributed by atoms with van der Waals surface area (Å²) in [6.07, 6.45) is 2.61. The Bertz CT molecular complexity index is 733. The van der Waals surface area contributed by atoms with Gasteiger partial charge in [-0.05, 0) is 23.8 Å². The van der Waals surface area contributed by atoms with Crippen molar-refractivity contribution in [1.82, 2.24) is 19.8 Å². The zero-order chi connectivity index (χ0) is 12.7. The van der Waals surface area contributed by atoms with E-state index in [1.807, 2.05) is 16.6 Å². The van der Waals surface area contributed by atoms with Crippen LogP contribution < -0.4 is 5.32 Å². The number of nitrogens with one attached hydrogen (secondary N) is 1. The smallest absolute Gasteiger partial charge is 0.177 e. The molecule has 19 heavy (non-hydrogen) atoms. The fourth-order valence-electron chi connectivity index (χ4n) is 2.68. The minimum absolute atomic E-state index is 0.436. The standard InChI is InChI=1S/C14H13N5/c1-2-5-12-11(4-1)10(9-15-12)8-14-18-17-13-6-3-7-16-19(13)14/h1-7,10,15H,8-9H2. The van der Waals surface area contributed by atoms with Gasteiger partial charge in [-0.1, -0.05) is 18.2 Å². The molecule has 5 heteroatoms. The van der Waals surface area contributed by atoms with Crippen molar-refractivity contribution in [1.29, 1.82) is 0 Å². The van der Waals surface area contributed by atoms with Gasteiger partial charge in [-0.3, -0.25) is 0 Å². The summed E-state index contributed by atoms with van der Waals surface area (Å²) in [6.45, 7) is 0.946. The molecule has 0 amide bonds. The summed E-state index contributed by atoms with van der Waals surface area (Å²) in [5.74, 6) is 1.35. The van der Waals surface area contributed by atoms with E-state index in [9.17, 15) is 0 Å². The Balaban J connectivity index is 1.70. The van der Waals surface area contributed by atoms with Crippen LogP contribution in [-0.4, -0.2) is 26.4 Å². The van der Waals surface area contributed by atoms with Gasteiger partial charge >= 0.3 is 0 Å². The molecule has 1 atom stereocenters. The average Bonchev–Trinajstić information content (AvgIpc) is 3.05. The fraction of sp³-hybridized carbons (Fsp3) is 0.214. The second-order valence-electron chi connectivity index (χ2n) is 4.78. The summed E-state index contributed by atoms with van der Waals surface area (Å²) in [6, 6.07) is 12.2. The Kier molecular flexibility index (Phi) is 2.24. The quantitative estimate of drug-likeness (QED) is 0.755. The number of rotatable bonds is 2. The number of fused-ring (bicyclic) bond motifs is 2. The van der Waals surface area contributed by atoms with Gasteiger partial charge in [0.05, 0.1) is 0 Å². The van der Waals surface area contributed by atoms with Crippen LogP contribution in [0.3, 0.4) is 0 Å². The number of para-hydroxylation sites is 1. The van der Waals surface area contributed by atoms with Gasteiger partial charge in [-0.25, -0.2) is 0 Å². The molecule has 0 bridgehead atoms. The van der Waals surface area contributed by atoms with Crippen molar-refractivity contribution in [3.8, 4) is 0 Å². The van der Waals surface area contributed by atoms with Crippen LogP contribution in [-0.2, 0) is 6.42 Å². The summed E-state index contributed by atoms with van der Waals surface area (Å²) in [7, 11) is 0. The van der Waals surface area contributed by atoms with Crippen molar-refractivity contribution >= 4 is 11.3 Å². The van der Waals surface area contributed by atoms with E-state index in [0.717, 1.165) is 24.4 Å². The van der Waals surface area contributed by atoms with Crippen LogP contribution in [0.1, 0.15) is 17.3 Å². The van der Waals surface area contributed by atoms with Crippen molar-refractivity contribution in [3.05, 3.63) is 54.0 Å². The van der Waals surface area contributed by atoms with E-state index in [4.69, 9.17) is 0 Å². The SMILES string of the molecule is c1ccc2c(c1)NCC2Cc1nnc2cccnn12. The Morgan fingerprint density at radius 2 is 2.11 bits per heavy atom. The number of hydrogen-bond donors (Lipinski definition) is 1. The van der Waals surface area contributed by atoms with Crippen molar-refractivity contribution in [2.75, 3.05) is 11.9 Å². The lowest BCUT2D eigenvalue weighted by molar-refractivity contribution is 0.685. The van der Waals surface area contributed by atoms with E-state index >= 15 is 0 Å². The van der Waals surface area contributed by atoms with Crippen LogP contribution in [0.5, 0.6) is 0 Å². The zero-order valence-electron chi connectivity index (χ0n) is 10.3. The first kappa shape index (κ1) is 10.5. The molecule has 0 saturated carbocycles. The summed E-state index contributed by atoms with van der Waals surface area (Å²) < 4.78 is 1.82. The lowest BCUT2D eigenvalue weighted by Gasteiger charge is -2.07. The van der Waals surface area contributed by atoms with Crippen LogP contribution in [0, 0.1) is 0 Å². The van der Waals surface area contributed by atoms with Gasteiger partial charge in [-0.2, -0.15) is 9.61 Å². The predicted octanol–water partition coefficient (Wildman–Crippen LogP) is 1.88. The van der Waals surface area contributed by atoms with E-state index in [1.54, 1.807) is 6.20 Å². The Hall–Kier alpha value is -2.43. The van der Waals surface area contributed by atoms with Gasteiger partial charge in [0.25, 0.3) is 0 Å². The second-order valence-corrected chi connectivity index (χ2v) is 4.78. The summed E-state index contributed by atoms with van der Waals surface area (Å²) in [5, 5.41) is 16.1. The molecule has 0 aliphatic carbocycles. The maximum atomic E-state index is 4.31. The van der Waals surface area contributed by atoms with E-state index in [1.165, 1.54) is 11.3 Å². The molecule has 1 unspecified atom stereocenters. The van der Waals surface area contributed by atoms with Crippen molar-refractivity contribution in [2.45, 2.75) is 12.3 Å². The summed E-state index contributed by atoms with van der Waals surface area (Å²) in [5.41, 5.74) is 3.39. The first-order chi connectivity index (χ1) is 9.42. The largest absolute Gasteiger partial charge is 0.384 e. The maximum absolute atomic E-state index is 4.31. The molecule has 1 aromatic carbocycles. The second kappa shape index (κ2) is 4.05. The highest BCUT2D eigenvalue weighted by Gasteiger charge is 2.23. The molecule has 4 rings (SSSR count). The van der Waals surface area contributed by atoms with Gasteiger partial charge in [-0.15, -0.1) is 10.2 Å². The van der Waals surface area contributed by atoms with E-state index in [-0.39, 0.29) is 0 Å². The minimum Gasteiger partial charge on any atom is -0.384 e. The highest BCUT2D eigenvalue weighted by Crippen LogP contribution is 2.32. The van der Waals surface area contributed by atoms with Gasteiger partial charge in [0.2, 0.25) is 0 Å². The molecule has 0 fully saturated rings. The number of nitrogens with zero attached hydrogens (tertiary/aromatic N) is 4. The van der Waals surface area contributed by atoms with E-state index in [0.29, 0.717) is 5.92 Å². The fourth-order valence-corrected chi connectivity index (χ4v) is 2.68. The molecule has 0 spiro atoms. The van der Waals surface area contributed by atoms with Crippen LogP contribution in [0.4, 0.5) is 5.69 Å². The molecule has 5 nitrogen and oxygen atoms in total. The highest BCUT2D eigenvalue weighted by atomic mass is 15.4. The Labute approximate surface area is 110 Å². The van der Waals surface area contributed by atoms with Gasteiger partial charge in [0, 0.05) is 30.8 Å². The normalized spacial score (nSPS) is 17.4. The first-order valence-corrected chi connectivity index (χ1v) is 6.40. The molecule has 1 aliphatic rings. The van der Waals surface area contributed by atoms with E-state index < -0.39 is 0 Å². The third-order valence-corrected chi connectivity index (χ3v) is 3.61. The average molecular weight is 251 g/mol. The molecule has 3 heterocycles. The zero-order valence-corrected chi connectivity index (χ0v) is 10.3. The Morgan fingerprint density at radius 1 is 1.16 bits per heavy atom. The molecular formula is C14H13N5. The molecule has 1 aliphatic heterocycles. The number of hydrogen-bond acceptors (Lipinski definition) is 4. The van der Waals surface area contributed by atoms with Gasteiger partial charge < -0.3 is 5.32 Å². The summed E-state index contributed by atoms with van der Waals surface area (Å²) >= 11 is 0. The molecular weight excluding hydrogens is 238 g/mol. The van der Waals surface area contributed by atoms with Crippen LogP contribution >= 0.6 is 0 Å². The monoisotopic (exact) mass is 251 g/mol. The molecule has 0 radical (unpaired) electrons. The highest BCUT2D eigenvalue weighted by molar-refractivity contribution is 5.57. The third kappa shape index (κ3) is 1.66. The predicted molar refractivity (Wildman–Crippen MR) is 72.2 cm³/mol. The third-order valence-electron chi connectivity index (χ3n) is 3.61. The van der Waals surface area contributed by atoms with Crippen molar-refractivity contribution < 1.29 is 0 Å². The van der Waals surface area contributed by atoms with Gasteiger partial charge in [0.1, 0.15) is 0 Å². The number of aromatic nitrogens is 4. The van der Waals surface area contributed by atoms with Crippen LogP contribution in [0.25, 0.3) is 5.65 Å². The van der Waals surface area contributed by atoms with Gasteiger partial charge in [0.15, 0.2) is 11.5 Å². The number of benzene rings is 1. The van der Waals surface area contributed by atoms with Crippen molar-refractivity contribution in [3.63, 3.8) is 0 Å². The number of anilines is 1. The molecule has 0 saturated heterocycles. The summed E-state index contributed by atoms with van der Waals surface area (Å²) in [4.78, 5) is 0. The Morgan fingerprint density at radius 3 is 3.11 bits per heavy atom. The topological polar surface area (TPSA) is 55.1 Å². The molecule has 3 aromatic rings. The lowest BCUT2D eigenvalue weighted by Crippen LogP contribution is -2.09. The molecule has 2 aromatic heterocycles. The van der Waals surface area contributed by atoms with E-state index in [2.05, 4.69) is 44.9 Å². The molecule has 94 valence electrons. The first-order valence-electron chi connectivity index (χ1n) is 6.40. The molecule has 1 N–H and O–H groups in total. The minimum atomic E-state index is 0.436.